The molecule has 4 rings (SSSR count). The van der Waals surface area contributed by atoms with Gasteiger partial charge in [-0.25, -0.2) is 10.1 Å². The lowest BCUT2D eigenvalue weighted by Gasteiger charge is -2.05. The molecule has 0 atom stereocenters. The molecule has 0 aliphatic rings. The molecule has 0 spiro atoms. The first-order valence-corrected chi connectivity index (χ1v) is 10.9. The summed E-state index contributed by atoms with van der Waals surface area (Å²) in [7, 11) is 0. The number of hydrogen-bond acceptors (Lipinski definition) is 4. The van der Waals surface area contributed by atoms with Crippen LogP contribution >= 0.6 is 0 Å². The topological polar surface area (TPSA) is 68.5 Å². The summed E-state index contributed by atoms with van der Waals surface area (Å²) >= 11 is 0. The molecule has 166 valence electrons. The quantitative estimate of drug-likeness (QED) is 0.313. The van der Waals surface area contributed by atoms with Gasteiger partial charge in [-0.05, 0) is 49.2 Å². The summed E-state index contributed by atoms with van der Waals surface area (Å²) in [4.78, 5) is 12.2. The van der Waals surface area contributed by atoms with E-state index < -0.39 is 0 Å². The van der Waals surface area contributed by atoms with Gasteiger partial charge in [-0.15, -0.1) is 0 Å². The number of aromatic nitrogens is 2. The lowest BCUT2D eigenvalue weighted by atomic mass is 10.1. The van der Waals surface area contributed by atoms with Gasteiger partial charge in [-0.3, -0.25) is 4.79 Å². The Kier molecular flexibility index (Phi) is 6.95. The zero-order chi connectivity index (χ0) is 23.0. The van der Waals surface area contributed by atoms with Crippen molar-refractivity contribution in [3.8, 4) is 22.7 Å². The molecule has 0 bridgehead atoms. The van der Waals surface area contributed by atoms with Gasteiger partial charge in [0.25, 0.3) is 5.91 Å². The zero-order valence-electron chi connectivity index (χ0n) is 18.7. The second-order valence-electron chi connectivity index (χ2n) is 7.66. The third-order valence-corrected chi connectivity index (χ3v) is 5.15. The SMILES string of the molecule is CCc1ccc(OCC(=O)NN=Cc2cn(-c3ccccc3)nc2-c2cccc(C)c2)cc1. The molecule has 0 aliphatic carbocycles. The Balaban J connectivity index is 1.47. The minimum Gasteiger partial charge on any atom is -0.484 e. The van der Waals surface area contributed by atoms with Crippen LogP contribution in [0.4, 0.5) is 0 Å². The van der Waals surface area contributed by atoms with Crippen LogP contribution in [0.25, 0.3) is 16.9 Å². The highest BCUT2D eigenvalue weighted by atomic mass is 16.5. The van der Waals surface area contributed by atoms with Crippen LogP contribution in [-0.4, -0.2) is 28.5 Å². The first kappa shape index (κ1) is 22.0. The Morgan fingerprint density at radius 3 is 2.58 bits per heavy atom. The van der Waals surface area contributed by atoms with Gasteiger partial charge in [0.2, 0.25) is 0 Å². The second-order valence-corrected chi connectivity index (χ2v) is 7.66. The average molecular weight is 439 g/mol. The standard InChI is InChI=1S/C27H26N4O2/c1-3-21-12-14-25(15-13-21)33-19-26(32)29-28-17-23-18-31(24-10-5-4-6-11-24)30-27(23)22-9-7-8-20(2)16-22/h4-18H,3,19H2,1-2H3,(H,29,32). The number of ether oxygens (including phenoxy) is 1. The molecule has 1 aromatic heterocycles. The highest BCUT2D eigenvalue weighted by Gasteiger charge is 2.11. The molecule has 0 fully saturated rings. The molecule has 1 heterocycles. The molecule has 6 heteroatoms. The van der Waals surface area contributed by atoms with Crippen LogP contribution in [0.5, 0.6) is 5.75 Å². The van der Waals surface area contributed by atoms with E-state index in [0.717, 1.165) is 34.5 Å². The van der Waals surface area contributed by atoms with Gasteiger partial charge in [-0.1, -0.05) is 61.0 Å². The Morgan fingerprint density at radius 2 is 1.85 bits per heavy atom. The third kappa shape index (κ3) is 5.74. The Labute approximate surface area is 193 Å². The fraction of sp³-hybridized carbons (Fsp3) is 0.148. The number of hydrazone groups is 1. The first-order chi connectivity index (χ1) is 16.1. The first-order valence-electron chi connectivity index (χ1n) is 10.9. The minimum atomic E-state index is -0.335. The maximum atomic E-state index is 12.2. The van der Waals surface area contributed by atoms with Crippen molar-refractivity contribution in [2.45, 2.75) is 20.3 Å². The summed E-state index contributed by atoms with van der Waals surface area (Å²) in [6, 6.07) is 25.7. The number of amides is 1. The van der Waals surface area contributed by atoms with Crippen LogP contribution in [0, 0.1) is 6.92 Å². The lowest BCUT2D eigenvalue weighted by molar-refractivity contribution is -0.123. The summed E-state index contributed by atoms with van der Waals surface area (Å²) in [5, 5.41) is 8.91. The molecule has 3 aromatic carbocycles. The lowest BCUT2D eigenvalue weighted by Crippen LogP contribution is -2.24. The zero-order valence-corrected chi connectivity index (χ0v) is 18.7. The number of hydrogen-bond donors (Lipinski definition) is 1. The van der Waals surface area contributed by atoms with Crippen LogP contribution in [0.2, 0.25) is 0 Å². The van der Waals surface area contributed by atoms with E-state index in [1.165, 1.54) is 5.56 Å². The van der Waals surface area contributed by atoms with Crippen LogP contribution in [0.15, 0.2) is 90.2 Å². The predicted molar refractivity (Wildman–Crippen MR) is 131 cm³/mol. The number of nitrogens with one attached hydrogen (secondary N) is 1. The normalized spacial score (nSPS) is 11.0. The number of para-hydroxylation sites is 1. The van der Waals surface area contributed by atoms with E-state index in [9.17, 15) is 4.79 Å². The average Bonchev–Trinajstić information content (AvgIpc) is 3.28. The summed E-state index contributed by atoms with van der Waals surface area (Å²) in [5.41, 5.74) is 8.39. The molecule has 1 N–H and O–H groups in total. The van der Waals surface area contributed by atoms with Crippen molar-refractivity contribution in [3.63, 3.8) is 0 Å². The van der Waals surface area contributed by atoms with Crippen molar-refractivity contribution in [2.24, 2.45) is 5.10 Å². The Hall–Kier alpha value is -4.19. The maximum absolute atomic E-state index is 12.2. The Morgan fingerprint density at radius 1 is 1.06 bits per heavy atom. The van der Waals surface area contributed by atoms with Crippen LogP contribution < -0.4 is 10.2 Å². The molecule has 0 unspecified atom stereocenters. The molecule has 0 saturated heterocycles. The summed E-state index contributed by atoms with van der Waals surface area (Å²) < 4.78 is 7.35. The number of nitrogens with zero attached hydrogens (tertiary/aromatic N) is 3. The molecule has 0 aliphatic heterocycles. The highest BCUT2D eigenvalue weighted by Crippen LogP contribution is 2.23. The van der Waals surface area contributed by atoms with E-state index in [1.54, 1.807) is 6.21 Å². The molecule has 4 aromatic rings. The van der Waals surface area contributed by atoms with Gasteiger partial charge in [0, 0.05) is 17.3 Å². The monoisotopic (exact) mass is 438 g/mol. The number of carbonyl (C=O) groups excluding carboxylic acids is 1. The number of carbonyl (C=O) groups is 1. The van der Waals surface area contributed by atoms with Gasteiger partial charge < -0.3 is 4.74 Å². The highest BCUT2D eigenvalue weighted by molar-refractivity contribution is 5.89. The van der Waals surface area contributed by atoms with Crippen LogP contribution in [0.3, 0.4) is 0 Å². The summed E-state index contributed by atoms with van der Waals surface area (Å²) in [5.74, 6) is 0.315. The molecule has 33 heavy (non-hydrogen) atoms. The fourth-order valence-corrected chi connectivity index (χ4v) is 3.39. The predicted octanol–water partition coefficient (Wildman–Crippen LogP) is 4.94. The van der Waals surface area contributed by atoms with E-state index in [-0.39, 0.29) is 12.5 Å². The third-order valence-electron chi connectivity index (χ3n) is 5.15. The van der Waals surface area contributed by atoms with Crippen molar-refractivity contribution in [2.75, 3.05) is 6.61 Å². The molecule has 1 amide bonds. The molecule has 0 radical (unpaired) electrons. The molecular formula is C27H26N4O2. The number of benzene rings is 3. The summed E-state index contributed by atoms with van der Waals surface area (Å²) in [6.07, 6.45) is 4.47. The van der Waals surface area contributed by atoms with Gasteiger partial charge in [0.15, 0.2) is 6.61 Å². The number of rotatable bonds is 8. The fourth-order valence-electron chi connectivity index (χ4n) is 3.39. The van der Waals surface area contributed by atoms with E-state index in [4.69, 9.17) is 9.84 Å². The molecule has 6 nitrogen and oxygen atoms in total. The van der Waals surface area contributed by atoms with Crippen molar-refractivity contribution >= 4 is 12.1 Å². The molecule has 0 saturated carbocycles. The van der Waals surface area contributed by atoms with Crippen LogP contribution in [-0.2, 0) is 11.2 Å². The van der Waals surface area contributed by atoms with E-state index in [1.807, 2.05) is 90.6 Å². The van der Waals surface area contributed by atoms with Crippen LogP contribution in [0.1, 0.15) is 23.6 Å². The minimum absolute atomic E-state index is 0.114. The van der Waals surface area contributed by atoms with Gasteiger partial charge >= 0.3 is 0 Å². The molecular weight excluding hydrogens is 412 g/mol. The van der Waals surface area contributed by atoms with E-state index in [0.29, 0.717) is 5.75 Å². The van der Waals surface area contributed by atoms with Gasteiger partial charge in [-0.2, -0.15) is 10.2 Å². The van der Waals surface area contributed by atoms with Crippen molar-refractivity contribution in [1.82, 2.24) is 15.2 Å². The van der Waals surface area contributed by atoms with E-state index in [2.05, 4.69) is 23.5 Å². The van der Waals surface area contributed by atoms with Gasteiger partial charge in [0.1, 0.15) is 11.4 Å². The van der Waals surface area contributed by atoms with Crippen molar-refractivity contribution in [3.05, 3.63) is 102 Å². The van der Waals surface area contributed by atoms with Crippen molar-refractivity contribution < 1.29 is 9.53 Å². The smallest absolute Gasteiger partial charge is 0.277 e. The summed E-state index contributed by atoms with van der Waals surface area (Å²) in [6.45, 7) is 4.02. The van der Waals surface area contributed by atoms with Crippen molar-refractivity contribution in [1.29, 1.82) is 0 Å². The maximum Gasteiger partial charge on any atom is 0.277 e. The van der Waals surface area contributed by atoms with E-state index >= 15 is 0 Å². The Bertz CT molecular complexity index is 1240. The largest absolute Gasteiger partial charge is 0.484 e. The number of aryl methyl sites for hydroxylation is 2. The van der Waals surface area contributed by atoms with Gasteiger partial charge in [0.05, 0.1) is 11.9 Å². The second kappa shape index (κ2) is 10.4.